The Hall–Kier alpha value is -2.27. The van der Waals surface area contributed by atoms with Gasteiger partial charge in [0.1, 0.15) is 17.8 Å². The predicted octanol–water partition coefficient (Wildman–Crippen LogP) is 3.29. The monoisotopic (exact) mass is 409 g/mol. The fraction of sp³-hybridized carbons (Fsp3) is 0.560. The zero-order valence-electron chi connectivity index (χ0n) is 17.8. The Morgan fingerprint density at radius 1 is 1.40 bits per heavy atom. The third-order valence-corrected chi connectivity index (χ3v) is 8.11. The Morgan fingerprint density at radius 3 is 3.13 bits per heavy atom. The number of carbonyl (C=O) groups excluding carboxylic acids is 1. The van der Waals surface area contributed by atoms with Crippen molar-refractivity contribution in [1.82, 2.24) is 4.98 Å². The highest BCUT2D eigenvalue weighted by Gasteiger charge is 2.55. The van der Waals surface area contributed by atoms with Crippen LogP contribution >= 0.6 is 0 Å². The molecule has 5 nitrogen and oxygen atoms in total. The van der Waals surface area contributed by atoms with Crippen molar-refractivity contribution in [1.29, 1.82) is 0 Å². The molecule has 2 heterocycles. The minimum absolute atomic E-state index is 0.00119. The molecule has 5 heteroatoms. The lowest BCUT2D eigenvalue weighted by Gasteiger charge is -2.49. The lowest BCUT2D eigenvalue weighted by Crippen LogP contribution is -2.86. The second-order valence-electron chi connectivity index (χ2n) is 10.0. The topological polar surface area (TPSA) is 78.9 Å². The number of esters is 1. The van der Waals surface area contributed by atoms with Crippen molar-refractivity contribution in [3.05, 3.63) is 42.1 Å². The van der Waals surface area contributed by atoms with Crippen molar-refractivity contribution in [3.63, 3.8) is 0 Å². The molecule has 3 aliphatic rings. The Kier molecular flexibility index (Phi) is 4.89. The normalized spacial score (nSPS) is 33.4. The van der Waals surface area contributed by atoms with E-state index >= 15 is 0 Å². The van der Waals surface area contributed by atoms with Crippen LogP contribution in [0.3, 0.4) is 0 Å². The van der Waals surface area contributed by atoms with Crippen LogP contribution in [0, 0.1) is 23.2 Å². The number of H-pyrrole nitrogens is 1. The maximum Gasteiger partial charge on any atom is 0.315 e. The summed E-state index contributed by atoms with van der Waals surface area (Å²) in [7, 11) is 0. The second-order valence-corrected chi connectivity index (χ2v) is 10.0. The molecular weight excluding hydrogens is 376 g/mol. The number of aromatic nitrogens is 1. The number of phenols is 1. The summed E-state index contributed by atoms with van der Waals surface area (Å²) in [5, 5.41) is 13.1. The number of ether oxygens (including phenoxy) is 1. The molecule has 1 aromatic heterocycles. The average Bonchev–Trinajstić information content (AvgIpc) is 3.23. The van der Waals surface area contributed by atoms with Crippen molar-refractivity contribution in [2.45, 2.75) is 51.6 Å². The quantitative estimate of drug-likeness (QED) is 0.403. The number of phenolic OH excluding ortho intramolecular Hbond substituents is 1. The minimum atomic E-state index is 0.00119. The van der Waals surface area contributed by atoms with Gasteiger partial charge in [0.05, 0.1) is 13.1 Å². The number of aromatic amines is 1. The predicted molar refractivity (Wildman–Crippen MR) is 116 cm³/mol. The number of hydrogen-bond donors (Lipinski definition) is 3. The van der Waals surface area contributed by atoms with E-state index in [9.17, 15) is 9.90 Å². The molecule has 2 aliphatic carbocycles. The summed E-state index contributed by atoms with van der Waals surface area (Å²) in [5.74, 6) is 1.18. The highest BCUT2D eigenvalue weighted by molar-refractivity contribution is 5.84. The Balaban J connectivity index is 1.21. The highest BCUT2D eigenvalue weighted by atomic mass is 16.6. The van der Waals surface area contributed by atoms with E-state index in [2.05, 4.69) is 23.8 Å². The molecule has 5 atom stereocenters. The molecule has 2 saturated carbocycles. The Morgan fingerprint density at radius 2 is 2.27 bits per heavy atom. The van der Waals surface area contributed by atoms with Crippen LogP contribution in [-0.2, 0) is 16.0 Å². The fourth-order valence-electron chi connectivity index (χ4n) is 6.45. The van der Waals surface area contributed by atoms with E-state index in [0.717, 1.165) is 49.7 Å². The first kappa shape index (κ1) is 19.7. The zero-order valence-corrected chi connectivity index (χ0v) is 17.8. The molecule has 3 fully saturated rings. The van der Waals surface area contributed by atoms with Gasteiger partial charge in [0.25, 0.3) is 0 Å². The van der Waals surface area contributed by atoms with Crippen molar-refractivity contribution in [2.24, 2.45) is 23.2 Å². The van der Waals surface area contributed by atoms with E-state index in [1.165, 1.54) is 24.0 Å². The largest absolute Gasteiger partial charge is 0.508 e. The first-order chi connectivity index (χ1) is 14.4. The van der Waals surface area contributed by atoms with Crippen molar-refractivity contribution in [2.75, 3.05) is 13.1 Å². The van der Waals surface area contributed by atoms with Crippen LogP contribution in [0.15, 0.2) is 36.5 Å². The molecule has 1 aliphatic heterocycles. The number of benzene rings is 1. The molecule has 0 bridgehead atoms. The molecule has 0 radical (unpaired) electrons. The van der Waals surface area contributed by atoms with E-state index in [1.54, 1.807) is 6.07 Å². The van der Waals surface area contributed by atoms with Gasteiger partial charge in [-0.3, -0.25) is 4.79 Å². The van der Waals surface area contributed by atoms with Gasteiger partial charge < -0.3 is 20.1 Å². The van der Waals surface area contributed by atoms with Crippen molar-refractivity contribution in [3.8, 4) is 5.75 Å². The van der Waals surface area contributed by atoms with Gasteiger partial charge in [0.2, 0.25) is 0 Å². The van der Waals surface area contributed by atoms with Crippen molar-refractivity contribution >= 4 is 16.9 Å². The van der Waals surface area contributed by atoms with Gasteiger partial charge in [0, 0.05) is 29.4 Å². The molecule has 0 amide bonds. The van der Waals surface area contributed by atoms with E-state index in [-0.39, 0.29) is 23.4 Å². The number of fused-ring (bicyclic) bond motifs is 3. The van der Waals surface area contributed by atoms with Gasteiger partial charge in [-0.05, 0) is 67.2 Å². The van der Waals surface area contributed by atoms with E-state index < -0.39 is 0 Å². The van der Waals surface area contributed by atoms with Crippen LogP contribution in [0.5, 0.6) is 5.75 Å². The summed E-state index contributed by atoms with van der Waals surface area (Å²) in [4.78, 5) is 15.9. The smallest absolute Gasteiger partial charge is 0.315 e. The van der Waals surface area contributed by atoms with Gasteiger partial charge in [-0.2, -0.15) is 0 Å². The molecule has 4 N–H and O–H groups in total. The van der Waals surface area contributed by atoms with Gasteiger partial charge in [0.15, 0.2) is 0 Å². The van der Waals surface area contributed by atoms with Gasteiger partial charge >= 0.3 is 5.97 Å². The van der Waals surface area contributed by atoms with Crippen LogP contribution in [0.1, 0.15) is 44.6 Å². The molecule has 0 unspecified atom stereocenters. The molecular formula is C25H33N2O3+. The number of rotatable bonds is 5. The van der Waals surface area contributed by atoms with Gasteiger partial charge in [-0.1, -0.05) is 19.1 Å². The second kappa shape index (κ2) is 7.45. The standard InChI is InChI=1S/C25H32N2O3/c1-15-4-3-8-25(2)12-23-19(11-21(15)25)20(24(29)30-23)14-26-9-7-16-13-27-22-6-5-17(28)10-18(16)22/h5-6,10,13,19-21,23,26-28H,1,3-4,7-9,11-12,14H2,2H3/p+1/t19-,20-,21-,23-,25-/m1/s1. The number of hydrogen-bond acceptors (Lipinski definition) is 3. The molecule has 1 aromatic carbocycles. The van der Waals surface area contributed by atoms with Crippen LogP contribution in [0.2, 0.25) is 0 Å². The summed E-state index contributed by atoms with van der Waals surface area (Å²) >= 11 is 0. The maximum atomic E-state index is 12.7. The lowest BCUT2D eigenvalue weighted by atomic mass is 9.55. The van der Waals surface area contributed by atoms with Crippen molar-refractivity contribution < 1.29 is 20.0 Å². The third-order valence-electron chi connectivity index (χ3n) is 8.11. The minimum Gasteiger partial charge on any atom is -0.508 e. The molecule has 160 valence electrons. The summed E-state index contributed by atoms with van der Waals surface area (Å²) in [5.41, 5.74) is 3.90. The molecule has 5 rings (SSSR count). The van der Waals surface area contributed by atoms with Crippen LogP contribution < -0.4 is 5.32 Å². The van der Waals surface area contributed by atoms with Gasteiger partial charge in [-0.25, -0.2) is 0 Å². The van der Waals surface area contributed by atoms with E-state index in [0.29, 0.717) is 17.6 Å². The molecule has 2 aromatic rings. The van der Waals surface area contributed by atoms with Crippen LogP contribution in [0.4, 0.5) is 0 Å². The fourth-order valence-corrected chi connectivity index (χ4v) is 6.45. The third kappa shape index (κ3) is 3.33. The summed E-state index contributed by atoms with van der Waals surface area (Å²) < 4.78 is 5.88. The number of nitrogens with two attached hydrogens (primary N) is 1. The molecule has 0 spiro atoms. The summed E-state index contributed by atoms with van der Waals surface area (Å²) in [6.45, 7) is 8.47. The first-order valence-corrected chi connectivity index (χ1v) is 11.4. The number of quaternary nitrogens is 1. The number of aromatic hydroxyl groups is 1. The Bertz CT molecular complexity index is 980. The highest BCUT2D eigenvalue weighted by Crippen LogP contribution is 2.56. The first-order valence-electron chi connectivity index (χ1n) is 11.4. The lowest BCUT2D eigenvalue weighted by molar-refractivity contribution is -0.658. The zero-order chi connectivity index (χ0) is 20.9. The maximum absolute atomic E-state index is 12.7. The summed E-state index contributed by atoms with van der Waals surface area (Å²) in [6.07, 6.45) is 8.68. The van der Waals surface area contributed by atoms with E-state index in [1.807, 2.05) is 18.3 Å². The molecule has 30 heavy (non-hydrogen) atoms. The molecule has 1 saturated heterocycles. The van der Waals surface area contributed by atoms with Crippen LogP contribution in [0.25, 0.3) is 10.9 Å². The number of carbonyl (C=O) groups is 1. The van der Waals surface area contributed by atoms with Crippen LogP contribution in [-0.4, -0.2) is 35.3 Å². The average molecular weight is 410 g/mol. The SMILES string of the molecule is C=C1CCC[C@]2(C)C[C@H]3OC(=O)[C@H](C[NH2+]CCc4c[nH]c5ccc(O)cc45)[C@H]3C[C@H]12. The van der Waals surface area contributed by atoms with E-state index in [4.69, 9.17) is 4.74 Å². The number of allylic oxidation sites excluding steroid dienone is 1. The van der Waals surface area contributed by atoms with Gasteiger partial charge in [-0.15, -0.1) is 0 Å². The Labute approximate surface area is 177 Å². The summed E-state index contributed by atoms with van der Waals surface area (Å²) in [6, 6.07) is 5.42. The number of nitrogens with one attached hydrogen (secondary N) is 1.